The predicted molar refractivity (Wildman–Crippen MR) is 196 cm³/mol. The van der Waals surface area contributed by atoms with Crippen molar-refractivity contribution in [2.24, 2.45) is 0 Å². The quantitative estimate of drug-likeness (QED) is 0.195. The first kappa shape index (κ1) is 28.4. The average Bonchev–Trinajstić information content (AvgIpc) is 3.83. The molecule has 0 saturated carbocycles. The summed E-state index contributed by atoms with van der Waals surface area (Å²) in [5.74, 6) is 1.68. The molecule has 1 aliphatic carbocycles. The number of hydrogen-bond acceptors (Lipinski definition) is 5. The molecule has 4 heterocycles. The maximum absolute atomic E-state index is 14.3. The van der Waals surface area contributed by atoms with Crippen LogP contribution in [0.5, 0.6) is 0 Å². The van der Waals surface area contributed by atoms with Crippen LogP contribution in [0.1, 0.15) is 25.0 Å². The molecule has 0 fully saturated rings. The van der Waals surface area contributed by atoms with Crippen molar-refractivity contribution < 1.29 is 0 Å². The van der Waals surface area contributed by atoms with Gasteiger partial charge in [-0.25, -0.2) is 19.5 Å². The minimum Gasteiger partial charge on any atom is -0.294 e. The molecule has 8 nitrogen and oxygen atoms in total. The second-order valence-corrected chi connectivity index (χ2v) is 13.3. The highest BCUT2D eigenvalue weighted by atomic mass is 16.2. The fraction of sp³-hybridized carbons (Fsp3) is 0.0714. The lowest BCUT2D eigenvalue weighted by molar-refractivity contribution is 0.650. The highest BCUT2D eigenvalue weighted by Gasteiger charge is 2.43. The maximum Gasteiger partial charge on any atom is 0.284 e. The summed E-state index contributed by atoms with van der Waals surface area (Å²) in [7, 11) is 0. The zero-order valence-corrected chi connectivity index (χ0v) is 27.2. The van der Waals surface area contributed by atoms with E-state index in [1.807, 2.05) is 132 Å². The van der Waals surface area contributed by atoms with Crippen molar-refractivity contribution in [3.63, 3.8) is 0 Å². The number of benzene rings is 5. The summed E-state index contributed by atoms with van der Waals surface area (Å²) in [4.78, 5) is 43.3. The van der Waals surface area contributed by atoms with Gasteiger partial charge in [0.15, 0.2) is 23.1 Å². The van der Waals surface area contributed by atoms with Crippen LogP contribution in [0.25, 0.3) is 73.0 Å². The third-order valence-electron chi connectivity index (χ3n) is 10.1. The molecule has 50 heavy (non-hydrogen) atoms. The molecule has 0 aliphatic heterocycles. The molecule has 0 radical (unpaired) electrons. The summed E-state index contributed by atoms with van der Waals surface area (Å²) in [5, 5.41) is 1.29. The maximum atomic E-state index is 14.3. The van der Waals surface area contributed by atoms with Crippen LogP contribution < -0.4 is 11.1 Å². The molecule has 0 saturated heterocycles. The van der Waals surface area contributed by atoms with Crippen molar-refractivity contribution >= 4 is 21.9 Å². The first-order chi connectivity index (χ1) is 24.4. The molecule has 0 atom stereocenters. The molecule has 9 aromatic rings. The van der Waals surface area contributed by atoms with Crippen molar-refractivity contribution in [2.75, 3.05) is 0 Å². The van der Waals surface area contributed by atoms with E-state index in [1.165, 1.54) is 4.52 Å². The second-order valence-electron chi connectivity index (χ2n) is 13.3. The van der Waals surface area contributed by atoms with Crippen molar-refractivity contribution in [1.29, 1.82) is 0 Å². The van der Waals surface area contributed by atoms with Crippen LogP contribution in [0, 0.1) is 0 Å². The first-order valence-electron chi connectivity index (χ1n) is 16.6. The van der Waals surface area contributed by atoms with E-state index in [2.05, 4.69) is 24.5 Å². The van der Waals surface area contributed by atoms with Crippen molar-refractivity contribution in [3.8, 4) is 51.1 Å². The Hall–Kier alpha value is -6.67. The second kappa shape index (κ2) is 10.2. The predicted octanol–water partition coefficient (Wildman–Crippen LogP) is 7.79. The van der Waals surface area contributed by atoms with Crippen molar-refractivity contribution in [3.05, 3.63) is 165 Å². The largest absolute Gasteiger partial charge is 0.294 e. The van der Waals surface area contributed by atoms with Gasteiger partial charge in [0, 0.05) is 38.7 Å². The Labute approximate surface area is 285 Å². The Morgan fingerprint density at radius 1 is 0.560 bits per heavy atom. The minimum atomic E-state index is -0.559. The van der Waals surface area contributed by atoms with E-state index < -0.39 is 5.41 Å². The van der Waals surface area contributed by atoms with Crippen LogP contribution in [-0.4, -0.2) is 28.5 Å². The van der Waals surface area contributed by atoms with Crippen LogP contribution in [0.15, 0.2) is 143 Å². The Morgan fingerprint density at radius 2 is 1.14 bits per heavy atom. The third kappa shape index (κ3) is 3.78. The Morgan fingerprint density at radius 3 is 1.84 bits per heavy atom. The molecule has 0 spiro atoms. The zero-order valence-electron chi connectivity index (χ0n) is 27.2. The fourth-order valence-electron chi connectivity index (χ4n) is 7.80. The standard InChI is InChI=1S/C42H28N6O2/c1-42(2)31-22-11-9-20-29(31)35-34(42)41(50)48-40(49)33-30-21-10-12-23-32(30)46(39(33)47(35)48)28-19-13-18-27(24-28)38-44-36(25-14-5-3-6-15-25)43-37(45-38)26-16-7-4-8-17-26/h3-24H,1-2H3. The van der Waals surface area contributed by atoms with Gasteiger partial charge in [0.25, 0.3) is 11.1 Å². The van der Waals surface area contributed by atoms with Gasteiger partial charge in [0.1, 0.15) is 0 Å². The van der Waals surface area contributed by atoms with E-state index in [4.69, 9.17) is 15.0 Å². The third-order valence-corrected chi connectivity index (χ3v) is 10.1. The van der Waals surface area contributed by atoms with Crippen LogP contribution in [0.3, 0.4) is 0 Å². The van der Waals surface area contributed by atoms with Gasteiger partial charge in [-0.05, 0) is 23.8 Å². The van der Waals surface area contributed by atoms with Gasteiger partial charge in [-0.15, -0.1) is 0 Å². The van der Waals surface area contributed by atoms with Gasteiger partial charge >= 0.3 is 0 Å². The van der Waals surface area contributed by atoms with Gasteiger partial charge in [-0.1, -0.05) is 129 Å². The summed E-state index contributed by atoms with van der Waals surface area (Å²) in [6.07, 6.45) is 0. The monoisotopic (exact) mass is 648 g/mol. The van der Waals surface area contributed by atoms with E-state index in [1.54, 1.807) is 0 Å². The molecular weight excluding hydrogens is 621 g/mol. The van der Waals surface area contributed by atoms with Crippen LogP contribution in [0.4, 0.5) is 0 Å². The van der Waals surface area contributed by atoms with E-state index in [0.717, 1.165) is 50.1 Å². The molecule has 238 valence electrons. The number of nitrogens with zero attached hydrogens (tertiary/aromatic N) is 6. The van der Waals surface area contributed by atoms with Gasteiger partial charge in [0.2, 0.25) is 0 Å². The molecule has 5 aromatic carbocycles. The highest BCUT2D eigenvalue weighted by molar-refractivity contribution is 6.08. The number of aromatic nitrogens is 6. The smallest absolute Gasteiger partial charge is 0.284 e. The molecule has 1 aliphatic rings. The highest BCUT2D eigenvalue weighted by Crippen LogP contribution is 2.48. The molecule has 10 rings (SSSR count). The number of hydrogen-bond donors (Lipinski definition) is 0. The fourth-order valence-corrected chi connectivity index (χ4v) is 7.80. The Kier molecular flexibility index (Phi) is 5.77. The van der Waals surface area contributed by atoms with Gasteiger partial charge in [-0.2, -0.15) is 4.52 Å². The minimum absolute atomic E-state index is 0.279. The molecule has 0 amide bonds. The van der Waals surface area contributed by atoms with Crippen molar-refractivity contribution in [2.45, 2.75) is 19.3 Å². The van der Waals surface area contributed by atoms with Gasteiger partial charge in [0.05, 0.1) is 22.2 Å². The zero-order chi connectivity index (χ0) is 33.7. The summed E-state index contributed by atoms with van der Waals surface area (Å²) < 4.78 is 5.25. The van der Waals surface area contributed by atoms with Crippen LogP contribution in [0.2, 0.25) is 0 Å². The summed E-state index contributed by atoms with van der Waals surface area (Å²) in [6.45, 7) is 4.11. The Bertz CT molecular complexity index is 2880. The normalized spacial score (nSPS) is 13.3. The lowest BCUT2D eigenvalue weighted by atomic mass is 9.83. The first-order valence-corrected chi connectivity index (χ1v) is 16.6. The lowest BCUT2D eigenvalue weighted by Gasteiger charge is -2.18. The molecule has 0 bridgehead atoms. The average molecular weight is 649 g/mol. The topological polar surface area (TPSA) is 86.6 Å². The van der Waals surface area contributed by atoms with E-state index in [-0.39, 0.29) is 11.1 Å². The number of fused-ring (bicyclic) bond motifs is 9. The summed E-state index contributed by atoms with van der Waals surface area (Å²) in [5.41, 5.74) is 7.15. The van der Waals surface area contributed by atoms with Crippen molar-refractivity contribution in [1.82, 2.24) is 28.5 Å². The molecule has 4 aromatic heterocycles. The van der Waals surface area contributed by atoms with Crippen LogP contribution in [-0.2, 0) is 5.41 Å². The summed E-state index contributed by atoms with van der Waals surface area (Å²) in [6, 6.07) is 43.8. The molecule has 8 heteroatoms. The molecule has 0 unspecified atom stereocenters. The number of rotatable bonds is 4. The lowest BCUT2D eigenvalue weighted by Crippen LogP contribution is -2.29. The van der Waals surface area contributed by atoms with Gasteiger partial charge in [-0.3, -0.25) is 14.2 Å². The molecule has 0 N–H and O–H groups in total. The molecular formula is C42H28N6O2. The van der Waals surface area contributed by atoms with E-state index in [9.17, 15) is 9.59 Å². The SMILES string of the molecule is CC1(C)c2ccccc2-c2c1c(=O)n1c(=O)c3c4ccccc4n(-c4cccc(-c5nc(-c6ccccc6)nc(-c6ccccc6)n5)c4)c3n21. The van der Waals surface area contributed by atoms with Crippen LogP contribution >= 0.6 is 0 Å². The van der Waals surface area contributed by atoms with Gasteiger partial charge < -0.3 is 0 Å². The van der Waals surface area contributed by atoms with E-state index in [0.29, 0.717) is 34.1 Å². The summed E-state index contributed by atoms with van der Waals surface area (Å²) >= 11 is 0. The van der Waals surface area contributed by atoms with E-state index >= 15 is 0 Å². The Balaban J connectivity index is 1.27. The number of para-hydroxylation sites is 1.